The van der Waals surface area contributed by atoms with Gasteiger partial charge < -0.3 is 10.6 Å². The number of carbonyl (C=O) groups is 1. The molecule has 0 radical (unpaired) electrons. The molecule has 0 aliphatic heterocycles. The number of nitrogens with zero attached hydrogens (tertiary/aromatic N) is 2. The lowest BCUT2D eigenvalue weighted by Crippen LogP contribution is -2.15. The standard InChI is InChI=1S/C22H24N4O/c1-22(2,3)16-7-9-17(10-8-16)26-21(27)20-14-18(11-13-24-20)25-15-19-6-4-5-12-23-19/h4-14H,15H2,1-3H3,(H,24,25)(H,26,27). The molecule has 2 heterocycles. The minimum absolute atomic E-state index is 0.0811. The third kappa shape index (κ3) is 5.14. The first-order valence-corrected chi connectivity index (χ1v) is 8.93. The largest absolute Gasteiger partial charge is 0.379 e. The molecule has 0 atom stereocenters. The normalized spacial score (nSPS) is 11.1. The molecule has 2 N–H and O–H groups in total. The van der Waals surface area contributed by atoms with Crippen molar-refractivity contribution in [2.24, 2.45) is 0 Å². The Labute approximate surface area is 159 Å². The molecule has 1 aromatic carbocycles. The van der Waals surface area contributed by atoms with E-state index >= 15 is 0 Å². The molecule has 0 aliphatic carbocycles. The summed E-state index contributed by atoms with van der Waals surface area (Å²) in [5.41, 5.74) is 4.17. The Hall–Kier alpha value is -3.21. The fourth-order valence-corrected chi connectivity index (χ4v) is 2.61. The zero-order chi connectivity index (χ0) is 19.3. The average Bonchev–Trinajstić information content (AvgIpc) is 2.67. The van der Waals surface area contributed by atoms with E-state index in [9.17, 15) is 4.79 Å². The van der Waals surface area contributed by atoms with Crippen molar-refractivity contribution in [2.75, 3.05) is 10.6 Å². The van der Waals surface area contributed by atoms with E-state index < -0.39 is 0 Å². The molecule has 0 bridgehead atoms. The number of hydrogen-bond acceptors (Lipinski definition) is 4. The number of pyridine rings is 2. The van der Waals surface area contributed by atoms with Crippen molar-refractivity contribution in [2.45, 2.75) is 32.7 Å². The lowest BCUT2D eigenvalue weighted by Gasteiger charge is -2.19. The average molecular weight is 360 g/mol. The van der Waals surface area contributed by atoms with Gasteiger partial charge in [0, 0.05) is 23.8 Å². The highest BCUT2D eigenvalue weighted by atomic mass is 16.1. The number of amides is 1. The van der Waals surface area contributed by atoms with Crippen LogP contribution < -0.4 is 10.6 Å². The summed E-state index contributed by atoms with van der Waals surface area (Å²) in [6.07, 6.45) is 3.38. The highest BCUT2D eigenvalue weighted by Crippen LogP contribution is 2.23. The highest BCUT2D eigenvalue weighted by Gasteiger charge is 2.14. The molecule has 0 saturated carbocycles. The smallest absolute Gasteiger partial charge is 0.274 e. The van der Waals surface area contributed by atoms with Gasteiger partial charge in [0.05, 0.1) is 12.2 Å². The lowest BCUT2D eigenvalue weighted by atomic mass is 9.87. The van der Waals surface area contributed by atoms with E-state index in [0.29, 0.717) is 12.2 Å². The van der Waals surface area contributed by atoms with Crippen molar-refractivity contribution in [1.29, 1.82) is 0 Å². The van der Waals surface area contributed by atoms with Crippen LogP contribution >= 0.6 is 0 Å². The summed E-state index contributed by atoms with van der Waals surface area (Å²) in [5.74, 6) is -0.236. The van der Waals surface area contributed by atoms with Crippen molar-refractivity contribution in [1.82, 2.24) is 9.97 Å². The van der Waals surface area contributed by atoms with Crippen LogP contribution in [-0.2, 0) is 12.0 Å². The summed E-state index contributed by atoms with van der Waals surface area (Å²) < 4.78 is 0. The first-order valence-electron chi connectivity index (χ1n) is 8.93. The Kier molecular flexibility index (Phi) is 5.50. The van der Waals surface area contributed by atoms with E-state index in [2.05, 4.69) is 41.4 Å². The van der Waals surface area contributed by atoms with Gasteiger partial charge in [-0.05, 0) is 47.4 Å². The topological polar surface area (TPSA) is 66.9 Å². The molecule has 0 fully saturated rings. The molecule has 3 rings (SSSR count). The Morgan fingerprint density at radius 3 is 2.37 bits per heavy atom. The molecule has 3 aromatic rings. The second-order valence-electron chi connectivity index (χ2n) is 7.39. The van der Waals surface area contributed by atoms with Crippen LogP contribution in [-0.4, -0.2) is 15.9 Å². The van der Waals surface area contributed by atoms with Gasteiger partial charge in [-0.25, -0.2) is 0 Å². The maximum atomic E-state index is 12.5. The molecule has 138 valence electrons. The molecule has 0 saturated heterocycles. The summed E-state index contributed by atoms with van der Waals surface area (Å²) in [6, 6.07) is 17.3. The number of nitrogens with one attached hydrogen (secondary N) is 2. The van der Waals surface area contributed by atoms with Gasteiger partial charge in [-0.3, -0.25) is 14.8 Å². The van der Waals surface area contributed by atoms with Gasteiger partial charge >= 0.3 is 0 Å². The van der Waals surface area contributed by atoms with Gasteiger partial charge in [-0.2, -0.15) is 0 Å². The second-order valence-corrected chi connectivity index (χ2v) is 7.39. The number of anilines is 2. The van der Waals surface area contributed by atoms with E-state index in [4.69, 9.17) is 0 Å². The monoisotopic (exact) mass is 360 g/mol. The molecule has 0 aliphatic rings. The Bertz CT molecular complexity index is 900. The number of carbonyl (C=O) groups excluding carboxylic acids is 1. The van der Waals surface area contributed by atoms with Gasteiger partial charge in [0.1, 0.15) is 5.69 Å². The third-order valence-electron chi connectivity index (χ3n) is 4.20. The van der Waals surface area contributed by atoms with Gasteiger partial charge in [0.2, 0.25) is 0 Å². The van der Waals surface area contributed by atoms with Crippen LogP contribution in [0.25, 0.3) is 0 Å². The summed E-state index contributed by atoms with van der Waals surface area (Å²) in [5, 5.41) is 6.16. The summed E-state index contributed by atoms with van der Waals surface area (Å²) in [6.45, 7) is 7.07. The van der Waals surface area contributed by atoms with Crippen LogP contribution in [0, 0.1) is 0 Å². The van der Waals surface area contributed by atoms with E-state index in [1.807, 2.05) is 48.5 Å². The first-order chi connectivity index (χ1) is 12.9. The molecule has 2 aromatic heterocycles. The van der Waals surface area contributed by atoms with Crippen LogP contribution in [0.3, 0.4) is 0 Å². The van der Waals surface area contributed by atoms with Crippen LogP contribution in [0.5, 0.6) is 0 Å². The summed E-state index contributed by atoms with van der Waals surface area (Å²) in [7, 11) is 0. The van der Waals surface area contributed by atoms with Crippen LogP contribution in [0.2, 0.25) is 0 Å². The molecule has 1 amide bonds. The zero-order valence-electron chi connectivity index (χ0n) is 15.9. The second kappa shape index (κ2) is 7.99. The fraction of sp³-hybridized carbons (Fsp3) is 0.227. The summed E-state index contributed by atoms with van der Waals surface area (Å²) in [4.78, 5) is 21.0. The first kappa shape index (κ1) is 18.6. The molecular weight excluding hydrogens is 336 g/mol. The third-order valence-corrected chi connectivity index (χ3v) is 4.20. The minimum Gasteiger partial charge on any atom is -0.379 e. The van der Waals surface area contributed by atoms with E-state index in [1.54, 1.807) is 18.5 Å². The molecular formula is C22H24N4O. The van der Waals surface area contributed by atoms with Crippen LogP contribution in [0.1, 0.15) is 42.5 Å². The van der Waals surface area contributed by atoms with Gasteiger partial charge in [0.25, 0.3) is 5.91 Å². The maximum absolute atomic E-state index is 12.5. The molecule has 0 unspecified atom stereocenters. The quantitative estimate of drug-likeness (QED) is 0.696. The fourth-order valence-electron chi connectivity index (χ4n) is 2.61. The van der Waals surface area contributed by atoms with Crippen LogP contribution in [0.4, 0.5) is 11.4 Å². The molecule has 0 spiro atoms. The van der Waals surface area contributed by atoms with Gasteiger partial charge in [-0.15, -0.1) is 0 Å². The number of hydrogen-bond donors (Lipinski definition) is 2. The predicted molar refractivity (Wildman–Crippen MR) is 109 cm³/mol. The summed E-state index contributed by atoms with van der Waals surface area (Å²) >= 11 is 0. The number of aromatic nitrogens is 2. The van der Waals surface area contributed by atoms with E-state index in [0.717, 1.165) is 17.1 Å². The number of benzene rings is 1. The lowest BCUT2D eigenvalue weighted by molar-refractivity contribution is 0.102. The van der Waals surface area contributed by atoms with Crippen molar-refractivity contribution in [3.05, 3.63) is 83.9 Å². The van der Waals surface area contributed by atoms with Crippen LogP contribution in [0.15, 0.2) is 67.0 Å². The predicted octanol–water partition coefficient (Wildman–Crippen LogP) is 4.64. The maximum Gasteiger partial charge on any atom is 0.274 e. The Balaban J connectivity index is 1.64. The van der Waals surface area contributed by atoms with Gasteiger partial charge in [0.15, 0.2) is 0 Å². The SMILES string of the molecule is CC(C)(C)c1ccc(NC(=O)c2cc(NCc3ccccn3)ccn2)cc1. The van der Waals surface area contributed by atoms with E-state index in [1.165, 1.54) is 5.56 Å². The van der Waals surface area contributed by atoms with Crippen molar-refractivity contribution in [3.63, 3.8) is 0 Å². The highest BCUT2D eigenvalue weighted by molar-refractivity contribution is 6.03. The van der Waals surface area contributed by atoms with Crippen molar-refractivity contribution in [3.8, 4) is 0 Å². The van der Waals surface area contributed by atoms with Crippen molar-refractivity contribution < 1.29 is 4.79 Å². The molecule has 5 nitrogen and oxygen atoms in total. The Morgan fingerprint density at radius 1 is 0.926 bits per heavy atom. The van der Waals surface area contributed by atoms with Gasteiger partial charge in [-0.1, -0.05) is 39.0 Å². The van der Waals surface area contributed by atoms with Crippen molar-refractivity contribution >= 4 is 17.3 Å². The molecule has 27 heavy (non-hydrogen) atoms. The Morgan fingerprint density at radius 2 is 1.70 bits per heavy atom. The number of rotatable bonds is 5. The minimum atomic E-state index is -0.236. The van der Waals surface area contributed by atoms with E-state index in [-0.39, 0.29) is 11.3 Å². The molecule has 5 heteroatoms. The zero-order valence-corrected chi connectivity index (χ0v) is 15.9.